The molecule has 0 aliphatic heterocycles. The summed E-state index contributed by atoms with van der Waals surface area (Å²) < 4.78 is 23.1. The molecule has 0 atom stereocenters. The molecule has 2 rings (SSSR count). The maximum Gasteiger partial charge on any atom is 0.240 e. The molecule has 0 fully saturated rings. The van der Waals surface area contributed by atoms with Crippen LogP contribution in [0.3, 0.4) is 0 Å². The van der Waals surface area contributed by atoms with Crippen molar-refractivity contribution in [1.29, 1.82) is 0 Å². The summed E-state index contributed by atoms with van der Waals surface area (Å²) in [6.45, 7) is 0. The van der Waals surface area contributed by atoms with Gasteiger partial charge in [0.2, 0.25) is 10.0 Å². The molecule has 0 aliphatic carbocycles. The van der Waals surface area contributed by atoms with Gasteiger partial charge in [-0.05, 0) is 30.3 Å². The van der Waals surface area contributed by atoms with E-state index in [-0.39, 0.29) is 21.3 Å². The summed E-state index contributed by atoms with van der Waals surface area (Å²) in [6, 6.07) is 9.30. The molecule has 0 unspecified atom stereocenters. The van der Waals surface area contributed by atoms with E-state index in [1.54, 1.807) is 24.3 Å². The number of nitrogens with one attached hydrogen (secondary N) is 1. The largest absolute Gasteiger partial charge is 0.399 e. The van der Waals surface area contributed by atoms with Gasteiger partial charge in [-0.1, -0.05) is 29.3 Å². The quantitative estimate of drug-likeness (QED) is 0.753. The van der Waals surface area contributed by atoms with Gasteiger partial charge in [0.15, 0.2) is 0 Å². The fourth-order valence-corrected chi connectivity index (χ4v) is 2.70. The molecule has 0 heterocycles. The Morgan fingerprint density at radius 2 is 1.75 bits per heavy atom. The normalized spacial score (nSPS) is 11.3. The van der Waals surface area contributed by atoms with Crippen LogP contribution in [0.15, 0.2) is 41.3 Å². The Morgan fingerprint density at radius 1 is 1.05 bits per heavy atom. The van der Waals surface area contributed by atoms with Crippen LogP contribution in [0.2, 0.25) is 10.0 Å². The van der Waals surface area contributed by atoms with Crippen molar-refractivity contribution in [3.63, 3.8) is 0 Å². The van der Waals surface area contributed by atoms with Gasteiger partial charge in [0, 0.05) is 5.69 Å². The molecule has 5 nitrogen and oxygen atoms in total. The van der Waals surface area contributed by atoms with Crippen molar-refractivity contribution in [2.24, 2.45) is 5.14 Å². The van der Waals surface area contributed by atoms with Crippen molar-refractivity contribution < 1.29 is 8.42 Å². The number of nitrogen functional groups attached to an aromatic ring is 1. The Kier molecular flexibility index (Phi) is 4.10. The first kappa shape index (κ1) is 14.9. The van der Waals surface area contributed by atoms with Gasteiger partial charge in [0.1, 0.15) is 4.90 Å². The van der Waals surface area contributed by atoms with Crippen molar-refractivity contribution >= 4 is 50.3 Å². The van der Waals surface area contributed by atoms with Gasteiger partial charge in [-0.2, -0.15) is 0 Å². The van der Waals surface area contributed by atoms with E-state index in [0.717, 1.165) is 0 Å². The first-order chi connectivity index (χ1) is 9.29. The monoisotopic (exact) mass is 331 g/mol. The van der Waals surface area contributed by atoms with Crippen LogP contribution in [0.1, 0.15) is 0 Å². The van der Waals surface area contributed by atoms with Crippen LogP contribution in [0.5, 0.6) is 0 Å². The van der Waals surface area contributed by atoms with Gasteiger partial charge in [0.25, 0.3) is 0 Å². The molecule has 5 N–H and O–H groups in total. The minimum Gasteiger partial charge on any atom is -0.399 e. The lowest BCUT2D eigenvalue weighted by atomic mass is 10.2. The topological polar surface area (TPSA) is 98.2 Å². The molecular weight excluding hydrogens is 321 g/mol. The van der Waals surface area contributed by atoms with E-state index in [0.29, 0.717) is 10.7 Å². The molecule has 2 aromatic rings. The predicted molar refractivity (Wildman–Crippen MR) is 82.0 cm³/mol. The second-order valence-corrected chi connectivity index (χ2v) is 6.34. The SMILES string of the molecule is Nc1ccc(Nc2cccc(Cl)c2Cl)c(S(N)(=O)=O)c1. The summed E-state index contributed by atoms with van der Waals surface area (Å²) in [6.07, 6.45) is 0. The van der Waals surface area contributed by atoms with Gasteiger partial charge in [-0.15, -0.1) is 0 Å². The summed E-state index contributed by atoms with van der Waals surface area (Å²) in [5.74, 6) is 0. The van der Waals surface area contributed by atoms with Crippen LogP contribution < -0.4 is 16.2 Å². The minimum absolute atomic E-state index is 0.117. The lowest BCUT2D eigenvalue weighted by molar-refractivity contribution is 0.598. The molecule has 2 aromatic carbocycles. The van der Waals surface area contributed by atoms with E-state index >= 15 is 0 Å². The third-order valence-corrected chi connectivity index (χ3v) is 4.30. The Labute approximate surface area is 126 Å². The maximum atomic E-state index is 11.6. The molecule has 0 aromatic heterocycles. The van der Waals surface area contributed by atoms with Crippen molar-refractivity contribution in [2.75, 3.05) is 11.1 Å². The van der Waals surface area contributed by atoms with Crippen molar-refractivity contribution in [3.05, 3.63) is 46.4 Å². The van der Waals surface area contributed by atoms with E-state index in [4.69, 9.17) is 34.1 Å². The van der Waals surface area contributed by atoms with Gasteiger partial charge in [-0.3, -0.25) is 0 Å². The average Bonchev–Trinajstić information content (AvgIpc) is 2.36. The van der Waals surface area contributed by atoms with E-state index < -0.39 is 10.0 Å². The number of anilines is 3. The van der Waals surface area contributed by atoms with Crippen LogP contribution in [0.25, 0.3) is 0 Å². The minimum atomic E-state index is -3.92. The fourth-order valence-electron chi connectivity index (χ4n) is 1.62. The van der Waals surface area contributed by atoms with Gasteiger partial charge in [-0.25, -0.2) is 13.6 Å². The second-order valence-electron chi connectivity index (χ2n) is 4.03. The van der Waals surface area contributed by atoms with E-state index in [9.17, 15) is 8.42 Å². The third-order valence-electron chi connectivity index (χ3n) is 2.53. The molecule has 8 heteroatoms. The van der Waals surface area contributed by atoms with Crippen LogP contribution in [-0.2, 0) is 10.0 Å². The number of benzene rings is 2. The number of halogens is 2. The molecule has 106 valence electrons. The standard InChI is InChI=1S/C12H11Cl2N3O2S/c13-8-2-1-3-10(12(8)14)17-9-5-4-7(15)6-11(9)20(16,18)19/h1-6,17H,15H2,(H2,16,18,19). The van der Waals surface area contributed by atoms with Crippen molar-refractivity contribution in [2.45, 2.75) is 4.90 Å². The van der Waals surface area contributed by atoms with Crippen LogP contribution in [0.4, 0.5) is 17.1 Å². The van der Waals surface area contributed by atoms with E-state index in [1.165, 1.54) is 12.1 Å². The third kappa shape index (κ3) is 3.16. The zero-order valence-electron chi connectivity index (χ0n) is 10.1. The number of sulfonamides is 1. The second kappa shape index (κ2) is 5.49. The molecule has 0 radical (unpaired) electrons. The molecule has 0 aliphatic rings. The lowest BCUT2D eigenvalue weighted by Gasteiger charge is -2.13. The summed E-state index contributed by atoms with van der Waals surface area (Å²) in [7, 11) is -3.92. The molecule has 0 spiro atoms. The predicted octanol–water partition coefficient (Wildman–Crippen LogP) is 2.97. The van der Waals surface area contributed by atoms with Crippen LogP contribution >= 0.6 is 23.2 Å². The van der Waals surface area contributed by atoms with Crippen molar-refractivity contribution in [1.82, 2.24) is 0 Å². The Balaban J connectivity index is 2.52. The summed E-state index contributed by atoms with van der Waals surface area (Å²) in [4.78, 5) is -0.117. The van der Waals surface area contributed by atoms with E-state index in [2.05, 4.69) is 5.32 Å². The van der Waals surface area contributed by atoms with Crippen molar-refractivity contribution in [3.8, 4) is 0 Å². The van der Waals surface area contributed by atoms with E-state index in [1.807, 2.05) is 0 Å². The highest BCUT2D eigenvalue weighted by Crippen LogP contribution is 2.33. The summed E-state index contributed by atoms with van der Waals surface area (Å²) >= 11 is 11.9. The number of rotatable bonds is 3. The zero-order chi connectivity index (χ0) is 14.9. The molecule has 0 amide bonds. The Hall–Kier alpha value is -1.47. The lowest BCUT2D eigenvalue weighted by Crippen LogP contribution is -2.14. The Bertz CT molecular complexity index is 763. The van der Waals surface area contributed by atoms with Crippen LogP contribution in [0, 0.1) is 0 Å². The zero-order valence-corrected chi connectivity index (χ0v) is 12.4. The Morgan fingerprint density at radius 3 is 2.40 bits per heavy atom. The number of primary sulfonamides is 1. The molecular formula is C12H11Cl2N3O2S. The maximum absolute atomic E-state index is 11.6. The molecule has 20 heavy (non-hydrogen) atoms. The highest BCUT2D eigenvalue weighted by atomic mass is 35.5. The smallest absolute Gasteiger partial charge is 0.240 e. The first-order valence-corrected chi connectivity index (χ1v) is 7.72. The number of hydrogen-bond acceptors (Lipinski definition) is 4. The van der Waals surface area contributed by atoms with Gasteiger partial charge in [0.05, 0.1) is 21.4 Å². The highest BCUT2D eigenvalue weighted by Gasteiger charge is 2.15. The molecule has 0 bridgehead atoms. The number of nitrogens with two attached hydrogens (primary N) is 2. The molecule has 0 saturated carbocycles. The fraction of sp³-hybridized carbons (Fsp3) is 0. The summed E-state index contributed by atoms with van der Waals surface area (Å²) in [5, 5.41) is 8.68. The molecule has 0 saturated heterocycles. The van der Waals surface area contributed by atoms with Crippen LogP contribution in [-0.4, -0.2) is 8.42 Å². The van der Waals surface area contributed by atoms with Gasteiger partial charge < -0.3 is 11.1 Å². The average molecular weight is 332 g/mol. The highest BCUT2D eigenvalue weighted by molar-refractivity contribution is 7.89. The summed E-state index contributed by atoms with van der Waals surface area (Å²) in [5.41, 5.74) is 6.60. The number of hydrogen-bond donors (Lipinski definition) is 3. The first-order valence-electron chi connectivity index (χ1n) is 5.42. The van der Waals surface area contributed by atoms with Gasteiger partial charge >= 0.3 is 0 Å².